The number of carbonyl (C=O) groups excluding carboxylic acids is 2. The molecule has 132 valence electrons. The summed E-state index contributed by atoms with van der Waals surface area (Å²) in [7, 11) is 3.43. The summed E-state index contributed by atoms with van der Waals surface area (Å²) in [6.07, 6.45) is 4.96. The summed E-state index contributed by atoms with van der Waals surface area (Å²) in [6.45, 7) is 1.23. The first-order valence-electron chi connectivity index (χ1n) is 8.40. The Labute approximate surface area is 147 Å². The van der Waals surface area contributed by atoms with Crippen LogP contribution in [0.5, 0.6) is 0 Å². The van der Waals surface area contributed by atoms with Crippen LogP contribution in [0.2, 0.25) is 0 Å². The molecule has 1 fully saturated rings. The molecule has 3 rings (SSSR count). The topological polar surface area (TPSA) is 70.5 Å². The number of carbonyl (C=O) groups is 2. The van der Waals surface area contributed by atoms with Crippen molar-refractivity contribution in [1.82, 2.24) is 19.6 Å². The Balaban J connectivity index is 1.62. The third-order valence-electron chi connectivity index (χ3n) is 4.31. The summed E-state index contributed by atoms with van der Waals surface area (Å²) in [5.74, 6) is -0.0348. The molecule has 1 aromatic heterocycles. The molecule has 1 N–H and O–H groups in total. The number of aromatic nitrogens is 2. The first-order valence-corrected chi connectivity index (χ1v) is 8.40. The average Bonchev–Trinajstić information content (AvgIpc) is 3.24. The van der Waals surface area contributed by atoms with Crippen LogP contribution in [0.4, 0.5) is 10.5 Å². The normalized spacial score (nSPS) is 16.7. The van der Waals surface area contributed by atoms with Gasteiger partial charge in [-0.05, 0) is 18.4 Å². The molecule has 7 heteroatoms. The zero-order chi connectivity index (χ0) is 17.8. The molecule has 0 aliphatic carbocycles. The Hall–Kier alpha value is -2.83. The van der Waals surface area contributed by atoms with E-state index in [0.717, 1.165) is 12.0 Å². The number of rotatable bonds is 4. The number of likely N-dealkylation sites (tertiary alicyclic amines) is 1. The van der Waals surface area contributed by atoms with Gasteiger partial charge >= 0.3 is 6.03 Å². The molecule has 1 aromatic carbocycles. The van der Waals surface area contributed by atoms with Crippen LogP contribution in [0.3, 0.4) is 0 Å². The molecule has 25 heavy (non-hydrogen) atoms. The number of likely N-dealkylation sites (N-methyl/N-ethyl adjacent to an activating group) is 1. The van der Waals surface area contributed by atoms with Crippen LogP contribution in [-0.2, 0) is 11.3 Å². The minimum absolute atomic E-state index is 0.0348. The summed E-state index contributed by atoms with van der Waals surface area (Å²) in [5.41, 5.74) is 1.77. The monoisotopic (exact) mass is 341 g/mol. The number of anilines is 1. The molecule has 2 aromatic rings. The summed E-state index contributed by atoms with van der Waals surface area (Å²) in [6, 6.07) is 9.36. The van der Waals surface area contributed by atoms with E-state index >= 15 is 0 Å². The smallest absolute Gasteiger partial charge is 0.322 e. The zero-order valence-electron chi connectivity index (χ0n) is 14.6. The summed E-state index contributed by atoms with van der Waals surface area (Å²) in [4.78, 5) is 27.9. The van der Waals surface area contributed by atoms with Gasteiger partial charge in [-0.3, -0.25) is 9.48 Å². The van der Waals surface area contributed by atoms with Gasteiger partial charge < -0.3 is 15.1 Å². The van der Waals surface area contributed by atoms with Crippen LogP contribution in [0.1, 0.15) is 18.4 Å². The SMILES string of the molecule is CN(C)C(=O)[C@H]1CCCN1C(=O)Nc1cnn(Cc2ccccc2)c1. The molecule has 1 aliphatic rings. The van der Waals surface area contributed by atoms with Crippen molar-refractivity contribution in [2.45, 2.75) is 25.4 Å². The van der Waals surface area contributed by atoms with Crippen molar-refractivity contribution in [3.63, 3.8) is 0 Å². The Kier molecular flexibility index (Phi) is 5.02. The van der Waals surface area contributed by atoms with E-state index in [9.17, 15) is 9.59 Å². The van der Waals surface area contributed by atoms with Gasteiger partial charge in [0.25, 0.3) is 0 Å². The summed E-state index contributed by atoms with van der Waals surface area (Å²) < 4.78 is 1.78. The van der Waals surface area contributed by atoms with E-state index in [1.807, 2.05) is 30.3 Å². The van der Waals surface area contributed by atoms with Crippen LogP contribution in [0.25, 0.3) is 0 Å². The lowest BCUT2D eigenvalue weighted by atomic mass is 10.2. The molecule has 0 unspecified atom stereocenters. The zero-order valence-corrected chi connectivity index (χ0v) is 14.6. The van der Waals surface area contributed by atoms with Crippen molar-refractivity contribution in [1.29, 1.82) is 0 Å². The van der Waals surface area contributed by atoms with Gasteiger partial charge in [0.05, 0.1) is 18.4 Å². The van der Waals surface area contributed by atoms with Crippen LogP contribution in [0, 0.1) is 0 Å². The van der Waals surface area contributed by atoms with Gasteiger partial charge in [0, 0.05) is 26.8 Å². The number of amides is 3. The lowest BCUT2D eigenvalue weighted by molar-refractivity contribution is -0.132. The highest BCUT2D eigenvalue weighted by atomic mass is 16.2. The molecule has 0 spiro atoms. The molecule has 3 amide bonds. The third kappa shape index (κ3) is 3.99. The van der Waals surface area contributed by atoms with Crippen molar-refractivity contribution in [3.05, 3.63) is 48.3 Å². The van der Waals surface area contributed by atoms with E-state index in [-0.39, 0.29) is 18.0 Å². The van der Waals surface area contributed by atoms with Gasteiger partial charge in [0.15, 0.2) is 0 Å². The second-order valence-electron chi connectivity index (χ2n) is 6.43. The maximum atomic E-state index is 12.5. The van der Waals surface area contributed by atoms with E-state index in [4.69, 9.17) is 0 Å². The second kappa shape index (κ2) is 7.38. The molecule has 7 nitrogen and oxygen atoms in total. The van der Waals surface area contributed by atoms with Crippen molar-refractivity contribution < 1.29 is 9.59 Å². The van der Waals surface area contributed by atoms with Gasteiger partial charge in [-0.25, -0.2) is 4.79 Å². The number of hydrogen-bond donors (Lipinski definition) is 1. The fourth-order valence-electron chi connectivity index (χ4n) is 3.04. The molecule has 0 saturated carbocycles. The van der Waals surface area contributed by atoms with E-state index in [1.54, 1.807) is 36.1 Å². The van der Waals surface area contributed by atoms with Crippen molar-refractivity contribution in [2.24, 2.45) is 0 Å². The second-order valence-corrected chi connectivity index (χ2v) is 6.43. The number of nitrogens with zero attached hydrogens (tertiary/aromatic N) is 4. The molecule has 2 heterocycles. The first kappa shape index (κ1) is 17.0. The average molecular weight is 341 g/mol. The molecule has 1 atom stereocenters. The molecule has 0 bridgehead atoms. The summed E-state index contributed by atoms with van der Waals surface area (Å²) in [5, 5.41) is 7.13. The van der Waals surface area contributed by atoms with Gasteiger partial charge in [-0.2, -0.15) is 5.10 Å². The van der Waals surface area contributed by atoms with Gasteiger partial charge in [-0.1, -0.05) is 30.3 Å². The van der Waals surface area contributed by atoms with Crippen molar-refractivity contribution in [2.75, 3.05) is 26.0 Å². The van der Waals surface area contributed by atoms with E-state index in [1.165, 1.54) is 4.90 Å². The van der Waals surface area contributed by atoms with E-state index < -0.39 is 0 Å². The maximum absolute atomic E-state index is 12.5. The Morgan fingerprint density at radius 3 is 2.76 bits per heavy atom. The lowest BCUT2D eigenvalue weighted by Crippen LogP contribution is -2.47. The van der Waals surface area contributed by atoms with Crippen molar-refractivity contribution in [3.8, 4) is 0 Å². The largest absolute Gasteiger partial charge is 0.347 e. The minimum Gasteiger partial charge on any atom is -0.347 e. The fourth-order valence-corrected chi connectivity index (χ4v) is 3.04. The van der Waals surface area contributed by atoms with E-state index in [0.29, 0.717) is 25.2 Å². The first-order chi connectivity index (χ1) is 12.0. The lowest BCUT2D eigenvalue weighted by Gasteiger charge is -2.26. The van der Waals surface area contributed by atoms with Crippen LogP contribution in [-0.4, -0.2) is 58.2 Å². The van der Waals surface area contributed by atoms with Gasteiger partial charge in [-0.15, -0.1) is 0 Å². The van der Waals surface area contributed by atoms with Crippen LogP contribution < -0.4 is 5.32 Å². The number of hydrogen-bond acceptors (Lipinski definition) is 3. The van der Waals surface area contributed by atoms with Gasteiger partial charge in [0.2, 0.25) is 5.91 Å². The highest BCUT2D eigenvalue weighted by Gasteiger charge is 2.35. The Morgan fingerprint density at radius 2 is 2.04 bits per heavy atom. The number of benzene rings is 1. The minimum atomic E-state index is -0.380. The Morgan fingerprint density at radius 1 is 1.28 bits per heavy atom. The quantitative estimate of drug-likeness (QED) is 0.925. The molecule has 1 saturated heterocycles. The maximum Gasteiger partial charge on any atom is 0.322 e. The fraction of sp³-hybridized carbons (Fsp3) is 0.389. The molecular weight excluding hydrogens is 318 g/mol. The summed E-state index contributed by atoms with van der Waals surface area (Å²) >= 11 is 0. The van der Waals surface area contributed by atoms with Crippen molar-refractivity contribution >= 4 is 17.6 Å². The predicted octanol–water partition coefficient (Wildman–Crippen LogP) is 2.02. The van der Waals surface area contributed by atoms with Gasteiger partial charge in [0.1, 0.15) is 6.04 Å². The molecule has 1 aliphatic heterocycles. The number of urea groups is 1. The molecular formula is C18H23N5O2. The Bertz CT molecular complexity index is 741. The highest BCUT2D eigenvalue weighted by molar-refractivity contribution is 5.93. The highest BCUT2D eigenvalue weighted by Crippen LogP contribution is 2.20. The number of nitrogens with one attached hydrogen (secondary N) is 1. The standard InChI is InChI=1S/C18H23N5O2/c1-21(2)17(24)16-9-6-10-23(16)18(25)20-15-11-19-22(13-15)12-14-7-4-3-5-8-14/h3-5,7-8,11,13,16H,6,9-10,12H2,1-2H3,(H,20,25)/t16-/m1/s1. The van der Waals surface area contributed by atoms with Crippen LogP contribution in [0.15, 0.2) is 42.7 Å². The molecule has 0 radical (unpaired) electrons. The third-order valence-corrected chi connectivity index (χ3v) is 4.31. The predicted molar refractivity (Wildman–Crippen MR) is 95.2 cm³/mol. The van der Waals surface area contributed by atoms with Crippen LogP contribution >= 0.6 is 0 Å². The van der Waals surface area contributed by atoms with E-state index in [2.05, 4.69) is 10.4 Å².